The molecule has 1 aromatic rings. The summed E-state index contributed by atoms with van der Waals surface area (Å²) in [6, 6.07) is 5.56. The maximum absolute atomic E-state index is 12.3. The Kier molecular flexibility index (Phi) is 5.88. The van der Waals surface area contributed by atoms with Crippen molar-refractivity contribution in [2.24, 2.45) is 0 Å². The molecular weight excluding hydrogens is 286 g/mol. The number of nitrogens with one attached hydrogen (secondary N) is 1. The summed E-state index contributed by atoms with van der Waals surface area (Å²) in [5.74, 6) is 0.0299. The summed E-state index contributed by atoms with van der Waals surface area (Å²) in [7, 11) is 3.90. The van der Waals surface area contributed by atoms with Crippen molar-refractivity contribution in [1.82, 2.24) is 4.90 Å². The minimum Gasteiger partial charge on any atom is -0.376 e. The maximum Gasteiger partial charge on any atom is 0.238 e. The van der Waals surface area contributed by atoms with Crippen LogP contribution in [0.1, 0.15) is 25.7 Å². The van der Waals surface area contributed by atoms with Gasteiger partial charge in [0.25, 0.3) is 0 Å². The van der Waals surface area contributed by atoms with E-state index < -0.39 is 0 Å². The van der Waals surface area contributed by atoms with Gasteiger partial charge in [-0.2, -0.15) is 0 Å². The van der Waals surface area contributed by atoms with Crippen LogP contribution in [0.2, 0.25) is 5.02 Å². The number of rotatable bonds is 4. The smallest absolute Gasteiger partial charge is 0.238 e. The third-order valence-electron chi connectivity index (χ3n) is 3.78. The van der Waals surface area contributed by atoms with Crippen LogP contribution in [0.4, 0.5) is 11.4 Å². The van der Waals surface area contributed by atoms with Gasteiger partial charge in [-0.05, 0) is 44.1 Å². The Morgan fingerprint density at radius 1 is 1.24 bits per heavy atom. The summed E-state index contributed by atoms with van der Waals surface area (Å²) < 4.78 is 0. The van der Waals surface area contributed by atoms with Crippen molar-refractivity contribution in [1.29, 1.82) is 0 Å². The van der Waals surface area contributed by atoms with E-state index in [0.29, 0.717) is 11.6 Å². The molecule has 0 bridgehead atoms. The maximum atomic E-state index is 12.3. The molecule has 116 valence electrons. The first-order chi connectivity index (χ1) is 10.1. The van der Waals surface area contributed by atoms with E-state index in [9.17, 15) is 4.79 Å². The zero-order chi connectivity index (χ0) is 15.2. The molecule has 1 aromatic carbocycles. The summed E-state index contributed by atoms with van der Waals surface area (Å²) in [4.78, 5) is 16.5. The summed E-state index contributed by atoms with van der Waals surface area (Å²) in [5.41, 5.74) is 1.73. The molecule has 1 aliphatic rings. The summed E-state index contributed by atoms with van der Waals surface area (Å²) in [6.07, 6.45) is 4.93. The highest BCUT2D eigenvalue weighted by Gasteiger charge is 2.14. The van der Waals surface area contributed by atoms with E-state index in [0.717, 1.165) is 24.5 Å². The number of nitrogens with zero attached hydrogens (tertiary/aromatic N) is 2. The van der Waals surface area contributed by atoms with Crippen LogP contribution in [0.25, 0.3) is 0 Å². The highest BCUT2D eigenvalue weighted by atomic mass is 35.5. The number of halogens is 1. The molecule has 21 heavy (non-hydrogen) atoms. The molecule has 1 heterocycles. The number of likely N-dealkylation sites (tertiary alicyclic amines) is 1. The molecule has 0 aromatic heterocycles. The molecule has 1 fully saturated rings. The molecule has 5 heteroatoms. The second-order valence-corrected chi connectivity index (χ2v) is 6.23. The van der Waals surface area contributed by atoms with Gasteiger partial charge in [0, 0.05) is 19.1 Å². The molecule has 0 unspecified atom stereocenters. The predicted octanol–water partition coefficient (Wildman–Crippen LogP) is 3.22. The lowest BCUT2D eigenvalue weighted by Crippen LogP contribution is -2.34. The number of hydrogen-bond acceptors (Lipinski definition) is 3. The van der Waals surface area contributed by atoms with Crippen LogP contribution in [-0.2, 0) is 4.79 Å². The van der Waals surface area contributed by atoms with E-state index in [-0.39, 0.29) is 5.91 Å². The zero-order valence-electron chi connectivity index (χ0n) is 12.9. The van der Waals surface area contributed by atoms with E-state index in [1.54, 1.807) is 6.07 Å². The monoisotopic (exact) mass is 309 g/mol. The van der Waals surface area contributed by atoms with Crippen LogP contribution in [0.3, 0.4) is 0 Å². The first kappa shape index (κ1) is 16.1. The molecule has 1 saturated heterocycles. The average molecular weight is 310 g/mol. The average Bonchev–Trinajstić information content (AvgIpc) is 2.66. The Bertz CT molecular complexity index is 482. The van der Waals surface area contributed by atoms with Gasteiger partial charge in [-0.15, -0.1) is 0 Å². The van der Waals surface area contributed by atoms with Crippen LogP contribution in [0.5, 0.6) is 0 Å². The molecule has 1 aliphatic heterocycles. The van der Waals surface area contributed by atoms with Crippen LogP contribution >= 0.6 is 11.6 Å². The largest absolute Gasteiger partial charge is 0.376 e. The van der Waals surface area contributed by atoms with Crippen molar-refractivity contribution in [3.8, 4) is 0 Å². The third kappa shape index (κ3) is 4.90. The van der Waals surface area contributed by atoms with Gasteiger partial charge in [-0.3, -0.25) is 9.69 Å². The molecular formula is C16H24ClN3O. The summed E-state index contributed by atoms with van der Waals surface area (Å²) in [6.45, 7) is 2.49. The van der Waals surface area contributed by atoms with E-state index in [2.05, 4.69) is 10.2 Å². The second-order valence-electron chi connectivity index (χ2n) is 5.79. The van der Waals surface area contributed by atoms with Crippen molar-refractivity contribution in [3.63, 3.8) is 0 Å². The number of carbonyl (C=O) groups excluding carboxylic acids is 1. The first-order valence-corrected chi connectivity index (χ1v) is 7.93. The molecule has 1 amide bonds. The van der Waals surface area contributed by atoms with Gasteiger partial charge in [-0.1, -0.05) is 24.4 Å². The Labute approximate surface area is 132 Å². The standard InChI is InChI=1S/C16H24ClN3O/c1-19(2)15-8-7-13(17)11-14(15)18-16(21)12-20-9-5-3-4-6-10-20/h7-8,11H,3-6,9-10,12H2,1-2H3,(H,18,21). The number of benzene rings is 1. The van der Waals surface area contributed by atoms with Gasteiger partial charge in [0.2, 0.25) is 5.91 Å². The first-order valence-electron chi connectivity index (χ1n) is 7.55. The molecule has 2 rings (SSSR count). The number of carbonyl (C=O) groups is 1. The van der Waals surface area contributed by atoms with Crippen molar-refractivity contribution in [2.75, 3.05) is 43.9 Å². The van der Waals surface area contributed by atoms with Crippen molar-refractivity contribution >= 4 is 28.9 Å². The van der Waals surface area contributed by atoms with Gasteiger partial charge in [0.1, 0.15) is 0 Å². The fraction of sp³-hybridized carbons (Fsp3) is 0.562. The van der Waals surface area contributed by atoms with Gasteiger partial charge in [-0.25, -0.2) is 0 Å². The summed E-state index contributed by atoms with van der Waals surface area (Å²) in [5, 5.41) is 3.62. The molecule has 0 aliphatic carbocycles. The van der Waals surface area contributed by atoms with Gasteiger partial charge in [0.15, 0.2) is 0 Å². The highest BCUT2D eigenvalue weighted by Crippen LogP contribution is 2.27. The van der Waals surface area contributed by atoms with E-state index >= 15 is 0 Å². The lowest BCUT2D eigenvalue weighted by Gasteiger charge is -2.21. The topological polar surface area (TPSA) is 35.6 Å². The fourth-order valence-electron chi connectivity index (χ4n) is 2.69. The Morgan fingerprint density at radius 3 is 2.52 bits per heavy atom. The van der Waals surface area contributed by atoms with Crippen LogP contribution < -0.4 is 10.2 Å². The van der Waals surface area contributed by atoms with Gasteiger partial charge < -0.3 is 10.2 Å². The highest BCUT2D eigenvalue weighted by molar-refractivity contribution is 6.31. The second kappa shape index (κ2) is 7.66. The quantitative estimate of drug-likeness (QED) is 0.927. The van der Waals surface area contributed by atoms with E-state index in [4.69, 9.17) is 11.6 Å². The number of hydrogen-bond donors (Lipinski definition) is 1. The van der Waals surface area contributed by atoms with Crippen LogP contribution in [0, 0.1) is 0 Å². The van der Waals surface area contributed by atoms with Crippen LogP contribution in [-0.4, -0.2) is 44.5 Å². The van der Waals surface area contributed by atoms with Crippen LogP contribution in [0.15, 0.2) is 18.2 Å². The van der Waals surface area contributed by atoms with E-state index in [1.807, 2.05) is 31.1 Å². The van der Waals surface area contributed by atoms with Crippen molar-refractivity contribution in [2.45, 2.75) is 25.7 Å². The number of anilines is 2. The normalized spacial score (nSPS) is 16.3. The predicted molar refractivity (Wildman–Crippen MR) is 89.3 cm³/mol. The lowest BCUT2D eigenvalue weighted by atomic mass is 10.2. The molecule has 1 N–H and O–H groups in total. The van der Waals surface area contributed by atoms with Crippen molar-refractivity contribution < 1.29 is 4.79 Å². The van der Waals surface area contributed by atoms with Gasteiger partial charge >= 0.3 is 0 Å². The lowest BCUT2D eigenvalue weighted by molar-refractivity contribution is -0.117. The molecule has 0 spiro atoms. The fourth-order valence-corrected chi connectivity index (χ4v) is 2.86. The SMILES string of the molecule is CN(C)c1ccc(Cl)cc1NC(=O)CN1CCCCCC1. The van der Waals surface area contributed by atoms with E-state index in [1.165, 1.54) is 25.7 Å². The molecule has 0 atom stereocenters. The number of amides is 1. The molecule has 4 nitrogen and oxygen atoms in total. The Hall–Kier alpha value is -1.26. The molecule has 0 radical (unpaired) electrons. The third-order valence-corrected chi connectivity index (χ3v) is 4.02. The molecule has 0 saturated carbocycles. The van der Waals surface area contributed by atoms with Crippen molar-refractivity contribution in [3.05, 3.63) is 23.2 Å². The Morgan fingerprint density at radius 2 is 1.90 bits per heavy atom. The summed E-state index contributed by atoms with van der Waals surface area (Å²) >= 11 is 6.04. The minimum absolute atomic E-state index is 0.0299. The zero-order valence-corrected chi connectivity index (χ0v) is 13.6. The minimum atomic E-state index is 0.0299. The Balaban J connectivity index is 2.00. The van der Waals surface area contributed by atoms with Gasteiger partial charge in [0.05, 0.1) is 17.9 Å².